The highest BCUT2D eigenvalue weighted by Gasteiger charge is 2.25. The molecular formula is C23H18O. The van der Waals surface area contributed by atoms with Gasteiger partial charge in [0.05, 0.1) is 0 Å². The third kappa shape index (κ3) is 2.39. The smallest absolute Gasteiger partial charge is 0.194 e. The summed E-state index contributed by atoms with van der Waals surface area (Å²) in [6.45, 7) is 2.16. The van der Waals surface area contributed by atoms with Crippen LogP contribution in [0.25, 0.3) is 11.6 Å². The first kappa shape index (κ1) is 14.6. The van der Waals surface area contributed by atoms with Crippen LogP contribution in [0.4, 0.5) is 0 Å². The predicted octanol–water partition coefficient (Wildman–Crippen LogP) is 5.38. The molecule has 0 amide bonds. The molecule has 0 unspecified atom stereocenters. The van der Waals surface area contributed by atoms with Gasteiger partial charge in [0, 0.05) is 11.1 Å². The van der Waals surface area contributed by atoms with E-state index in [1.54, 1.807) is 0 Å². The van der Waals surface area contributed by atoms with E-state index in [1.807, 2.05) is 48.5 Å². The van der Waals surface area contributed by atoms with Crippen LogP contribution in [0.5, 0.6) is 0 Å². The number of hydrogen-bond donors (Lipinski definition) is 0. The van der Waals surface area contributed by atoms with Crippen molar-refractivity contribution in [3.63, 3.8) is 0 Å². The summed E-state index contributed by atoms with van der Waals surface area (Å²) in [7, 11) is 0. The van der Waals surface area contributed by atoms with E-state index in [0.29, 0.717) is 0 Å². The summed E-state index contributed by atoms with van der Waals surface area (Å²) in [6.07, 6.45) is 3.22. The lowest BCUT2D eigenvalue weighted by atomic mass is 9.80. The third-order valence-corrected chi connectivity index (χ3v) is 4.62. The summed E-state index contributed by atoms with van der Waals surface area (Å²) in [5, 5.41) is 0. The summed E-state index contributed by atoms with van der Waals surface area (Å²) in [5.41, 5.74) is 7.20. The predicted molar refractivity (Wildman–Crippen MR) is 99.1 cm³/mol. The zero-order valence-corrected chi connectivity index (χ0v) is 13.6. The Hall–Kier alpha value is -2.93. The van der Waals surface area contributed by atoms with Gasteiger partial charge in [0.2, 0.25) is 0 Å². The Bertz CT molecular complexity index is 894. The molecule has 1 aliphatic carbocycles. The highest BCUT2D eigenvalue weighted by Crippen LogP contribution is 2.36. The highest BCUT2D eigenvalue weighted by molar-refractivity contribution is 6.20. The van der Waals surface area contributed by atoms with Crippen molar-refractivity contribution >= 4 is 17.4 Å². The van der Waals surface area contributed by atoms with E-state index in [2.05, 4.69) is 37.3 Å². The number of carbonyl (C=O) groups is 1. The highest BCUT2D eigenvalue weighted by atomic mass is 16.1. The monoisotopic (exact) mass is 310 g/mol. The Labute approximate surface area is 142 Å². The van der Waals surface area contributed by atoms with Gasteiger partial charge in [0.1, 0.15) is 0 Å². The van der Waals surface area contributed by atoms with E-state index in [4.69, 9.17) is 0 Å². The topological polar surface area (TPSA) is 17.1 Å². The second kappa shape index (κ2) is 5.93. The Morgan fingerprint density at radius 2 is 1.21 bits per heavy atom. The van der Waals surface area contributed by atoms with Crippen LogP contribution in [0.1, 0.15) is 45.1 Å². The number of carbonyl (C=O) groups excluding carboxylic acids is 1. The Balaban J connectivity index is 1.93. The van der Waals surface area contributed by atoms with E-state index >= 15 is 0 Å². The molecule has 0 spiro atoms. The van der Waals surface area contributed by atoms with Gasteiger partial charge in [-0.2, -0.15) is 0 Å². The van der Waals surface area contributed by atoms with E-state index in [9.17, 15) is 4.79 Å². The maximum absolute atomic E-state index is 12.8. The first-order valence-corrected chi connectivity index (χ1v) is 8.32. The molecule has 1 nitrogen and oxygen atoms in total. The Morgan fingerprint density at radius 3 is 1.71 bits per heavy atom. The molecule has 24 heavy (non-hydrogen) atoms. The van der Waals surface area contributed by atoms with Gasteiger partial charge in [0.25, 0.3) is 0 Å². The number of ketones is 1. The fourth-order valence-electron chi connectivity index (χ4n) is 3.29. The van der Waals surface area contributed by atoms with Crippen LogP contribution in [0, 0.1) is 0 Å². The molecule has 0 aromatic heterocycles. The van der Waals surface area contributed by atoms with Gasteiger partial charge in [-0.25, -0.2) is 0 Å². The summed E-state index contributed by atoms with van der Waals surface area (Å²) < 4.78 is 0. The van der Waals surface area contributed by atoms with E-state index in [0.717, 1.165) is 39.8 Å². The van der Waals surface area contributed by atoms with Crippen molar-refractivity contribution < 1.29 is 4.79 Å². The molecule has 1 heteroatoms. The van der Waals surface area contributed by atoms with Crippen LogP contribution in [0.2, 0.25) is 0 Å². The zero-order chi connectivity index (χ0) is 16.5. The Kier molecular flexibility index (Phi) is 3.62. The Morgan fingerprint density at radius 1 is 0.708 bits per heavy atom. The summed E-state index contributed by atoms with van der Waals surface area (Å²) in [5.74, 6) is 0.111. The van der Waals surface area contributed by atoms with Crippen molar-refractivity contribution in [2.75, 3.05) is 0 Å². The third-order valence-electron chi connectivity index (χ3n) is 4.62. The molecule has 1 aliphatic rings. The van der Waals surface area contributed by atoms with Gasteiger partial charge in [0.15, 0.2) is 5.78 Å². The van der Waals surface area contributed by atoms with Crippen LogP contribution < -0.4 is 0 Å². The standard InChI is InChI=1S/C23H18O/c1-2-16-11-13-17(14-12-16)15-22-18-7-3-5-9-20(18)23(24)21-10-6-4-8-19(21)22/h3-15H,2H2,1H3. The lowest BCUT2D eigenvalue weighted by Gasteiger charge is -2.21. The molecule has 3 aromatic carbocycles. The van der Waals surface area contributed by atoms with Gasteiger partial charge in [-0.1, -0.05) is 79.7 Å². The van der Waals surface area contributed by atoms with Crippen LogP contribution in [0.3, 0.4) is 0 Å². The van der Waals surface area contributed by atoms with Crippen molar-refractivity contribution in [1.29, 1.82) is 0 Å². The average molecular weight is 310 g/mol. The molecule has 0 saturated carbocycles. The van der Waals surface area contributed by atoms with Crippen molar-refractivity contribution in [2.24, 2.45) is 0 Å². The fraction of sp³-hybridized carbons (Fsp3) is 0.0870. The summed E-state index contributed by atoms with van der Waals surface area (Å²) in [4.78, 5) is 12.8. The molecule has 0 N–H and O–H groups in total. The second-order valence-corrected chi connectivity index (χ2v) is 6.07. The van der Waals surface area contributed by atoms with Gasteiger partial charge >= 0.3 is 0 Å². The van der Waals surface area contributed by atoms with E-state index in [-0.39, 0.29) is 5.78 Å². The number of rotatable bonds is 2. The first-order valence-electron chi connectivity index (χ1n) is 8.32. The first-order chi connectivity index (χ1) is 11.8. The molecular weight excluding hydrogens is 292 g/mol. The average Bonchev–Trinajstić information content (AvgIpc) is 2.65. The molecule has 3 aromatic rings. The van der Waals surface area contributed by atoms with E-state index in [1.165, 1.54) is 5.56 Å². The van der Waals surface area contributed by atoms with Gasteiger partial charge in [-0.15, -0.1) is 0 Å². The van der Waals surface area contributed by atoms with Crippen molar-refractivity contribution in [2.45, 2.75) is 13.3 Å². The largest absolute Gasteiger partial charge is 0.289 e. The zero-order valence-electron chi connectivity index (χ0n) is 13.6. The molecule has 0 heterocycles. The number of fused-ring (bicyclic) bond motifs is 2. The van der Waals surface area contributed by atoms with E-state index < -0.39 is 0 Å². The number of hydrogen-bond acceptors (Lipinski definition) is 1. The summed E-state index contributed by atoms with van der Waals surface area (Å²) in [6, 6.07) is 24.4. The van der Waals surface area contributed by atoms with Crippen LogP contribution in [-0.2, 0) is 6.42 Å². The van der Waals surface area contributed by atoms with Gasteiger partial charge in [-0.3, -0.25) is 4.79 Å². The van der Waals surface area contributed by atoms with Gasteiger partial charge in [-0.05, 0) is 40.3 Å². The van der Waals surface area contributed by atoms with Crippen molar-refractivity contribution in [1.82, 2.24) is 0 Å². The minimum absolute atomic E-state index is 0.111. The normalized spacial score (nSPS) is 12.5. The molecule has 4 rings (SSSR count). The molecule has 0 radical (unpaired) electrons. The minimum Gasteiger partial charge on any atom is -0.289 e. The fourth-order valence-corrected chi connectivity index (χ4v) is 3.29. The lowest BCUT2D eigenvalue weighted by molar-refractivity contribution is 0.103. The lowest BCUT2D eigenvalue weighted by Crippen LogP contribution is -2.14. The molecule has 0 saturated heterocycles. The summed E-state index contributed by atoms with van der Waals surface area (Å²) >= 11 is 0. The molecule has 0 atom stereocenters. The molecule has 0 fully saturated rings. The number of aryl methyl sites for hydroxylation is 1. The van der Waals surface area contributed by atoms with Crippen LogP contribution in [-0.4, -0.2) is 5.78 Å². The molecule has 116 valence electrons. The SMILES string of the molecule is CCc1ccc(C=C2c3ccccc3C(=O)c3ccccc32)cc1. The quantitative estimate of drug-likeness (QED) is 0.485. The maximum atomic E-state index is 12.8. The van der Waals surface area contributed by atoms with Crippen molar-refractivity contribution in [3.8, 4) is 0 Å². The second-order valence-electron chi connectivity index (χ2n) is 6.07. The molecule has 0 bridgehead atoms. The van der Waals surface area contributed by atoms with Crippen LogP contribution in [0.15, 0.2) is 72.8 Å². The number of benzene rings is 3. The maximum Gasteiger partial charge on any atom is 0.194 e. The molecule has 0 aliphatic heterocycles. The minimum atomic E-state index is 0.111. The van der Waals surface area contributed by atoms with Crippen LogP contribution >= 0.6 is 0 Å². The van der Waals surface area contributed by atoms with Crippen molar-refractivity contribution in [3.05, 3.63) is 106 Å². The van der Waals surface area contributed by atoms with Gasteiger partial charge < -0.3 is 0 Å².